The van der Waals surface area contributed by atoms with Gasteiger partial charge >= 0.3 is 0 Å². The third-order valence-electron chi connectivity index (χ3n) is 7.40. The Bertz CT molecular complexity index is 1580. The number of phenols is 1. The molecule has 2 heterocycles. The van der Waals surface area contributed by atoms with Crippen molar-refractivity contribution in [3.8, 4) is 28.5 Å². The van der Waals surface area contributed by atoms with Crippen LogP contribution in [0.1, 0.15) is 71.5 Å². The van der Waals surface area contributed by atoms with E-state index >= 15 is 0 Å². The molecule has 1 unspecified atom stereocenters. The van der Waals surface area contributed by atoms with E-state index in [-0.39, 0.29) is 11.7 Å². The highest BCUT2D eigenvalue weighted by molar-refractivity contribution is 6.31. The number of rotatable bonds is 10. The highest BCUT2D eigenvalue weighted by Gasteiger charge is 2.43. The number of aromatic amines is 1. The summed E-state index contributed by atoms with van der Waals surface area (Å²) < 4.78 is 12.1. The number of phenolic OH excluding ortho intramolecular Hbond substituents is 1. The molecule has 0 aliphatic carbocycles. The maximum atomic E-state index is 13.9. The number of H-pyrrole nitrogens is 1. The van der Waals surface area contributed by atoms with E-state index in [1.54, 1.807) is 4.90 Å². The van der Waals surface area contributed by atoms with Crippen molar-refractivity contribution in [3.05, 3.63) is 93.1 Å². The molecule has 0 spiro atoms. The summed E-state index contributed by atoms with van der Waals surface area (Å²) in [5, 5.41) is 19.2. The second kappa shape index (κ2) is 11.9. The van der Waals surface area contributed by atoms with Gasteiger partial charge in [0.15, 0.2) is 11.5 Å². The van der Waals surface area contributed by atoms with E-state index in [1.807, 2.05) is 75.4 Å². The van der Waals surface area contributed by atoms with E-state index in [0.717, 1.165) is 28.7 Å². The maximum Gasteiger partial charge on any atom is 0.273 e. The van der Waals surface area contributed by atoms with Crippen molar-refractivity contribution in [1.29, 1.82) is 0 Å². The normalized spacial score (nSPS) is 14.6. The van der Waals surface area contributed by atoms with Gasteiger partial charge in [0.25, 0.3) is 5.91 Å². The average molecular weight is 574 g/mol. The molecule has 3 aromatic carbocycles. The van der Waals surface area contributed by atoms with Gasteiger partial charge in [-0.15, -0.1) is 0 Å². The van der Waals surface area contributed by atoms with Gasteiger partial charge in [-0.25, -0.2) is 0 Å². The fraction of sp³-hybridized carbons (Fsp3) is 0.333. The van der Waals surface area contributed by atoms with Gasteiger partial charge in [-0.2, -0.15) is 5.10 Å². The van der Waals surface area contributed by atoms with Gasteiger partial charge in [0.2, 0.25) is 0 Å². The lowest BCUT2D eigenvalue weighted by atomic mass is 9.93. The van der Waals surface area contributed by atoms with Crippen LogP contribution < -0.4 is 9.47 Å². The summed E-state index contributed by atoms with van der Waals surface area (Å²) in [6.45, 7) is 11.4. The molecule has 1 amide bonds. The number of halogens is 1. The van der Waals surface area contributed by atoms with Crippen LogP contribution in [0.4, 0.5) is 0 Å². The van der Waals surface area contributed by atoms with Gasteiger partial charge in [0.1, 0.15) is 17.1 Å². The highest BCUT2D eigenvalue weighted by atomic mass is 35.5. The monoisotopic (exact) mass is 573 g/mol. The first-order valence-electron chi connectivity index (χ1n) is 14.0. The van der Waals surface area contributed by atoms with E-state index in [2.05, 4.69) is 24.0 Å². The molecule has 1 aromatic heterocycles. The summed E-state index contributed by atoms with van der Waals surface area (Å²) in [7, 11) is 0. The first-order chi connectivity index (χ1) is 19.7. The van der Waals surface area contributed by atoms with Crippen LogP contribution >= 0.6 is 11.6 Å². The molecule has 8 heteroatoms. The summed E-state index contributed by atoms with van der Waals surface area (Å²) in [5.41, 5.74) is 5.63. The fourth-order valence-electron chi connectivity index (χ4n) is 5.35. The van der Waals surface area contributed by atoms with Crippen molar-refractivity contribution in [2.45, 2.75) is 53.6 Å². The molecule has 0 saturated heterocycles. The number of aromatic nitrogens is 2. The summed E-state index contributed by atoms with van der Waals surface area (Å²) >= 11 is 6.54. The van der Waals surface area contributed by atoms with E-state index < -0.39 is 6.04 Å². The van der Waals surface area contributed by atoms with Gasteiger partial charge < -0.3 is 19.5 Å². The quantitative estimate of drug-likeness (QED) is 0.204. The number of hydrogen-bond donors (Lipinski definition) is 2. The standard InChI is InChI=1S/C33H36ClN3O4/c1-6-40-27-17-22(11-12-26(27)41-14-13-19(2)3)31-28-29(24-16-20(4)15-21(5)32(24)38)35-36-30(28)33(39)37(31)18-23-9-7-8-10-25(23)34/h7-12,15-17,19,31,38H,6,13-14,18H2,1-5H3,(H,35,36). The molecule has 2 N–H and O–H groups in total. The Morgan fingerprint density at radius 1 is 1.07 bits per heavy atom. The number of aromatic hydroxyl groups is 1. The van der Waals surface area contributed by atoms with Crippen LogP contribution in [0, 0.1) is 19.8 Å². The van der Waals surface area contributed by atoms with E-state index in [4.69, 9.17) is 21.1 Å². The van der Waals surface area contributed by atoms with Gasteiger partial charge in [-0.3, -0.25) is 9.89 Å². The molecule has 4 aromatic rings. The number of benzene rings is 3. The van der Waals surface area contributed by atoms with Gasteiger partial charge in [0, 0.05) is 22.7 Å². The molecule has 214 valence electrons. The summed E-state index contributed by atoms with van der Waals surface area (Å²) in [4.78, 5) is 15.7. The van der Waals surface area contributed by atoms with Crippen molar-refractivity contribution in [1.82, 2.24) is 15.1 Å². The van der Waals surface area contributed by atoms with Crippen LogP contribution in [0.25, 0.3) is 11.3 Å². The molecule has 0 fully saturated rings. The molecule has 1 aliphatic rings. The largest absolute Gasteiger partial charge is 0.507 e. The number of fused-ring (bicyclic) bond motifs is 1. The minimum Gasteiger partial charge on any atom is -0.507 e. The summed E-state index contributed by atoms with van der Waals surface area (Å²) in [6.07, 6.45) is 0.928. The Morgan fingerprint density at radius 3 is 2.59 bits per heavy atom. The third-order valence-corrected chi connectivity index (χ3v) is 7.77. The Balaban J connectivity index is 1.65. The zero-order valence-corrected chi connectivity index (χ0v) is 24.9. The fourth-order valence-corrected chi connectivity index (χ4v) is 5.54. The van der Waals surface area contributed by atoms with Crippen molar-refractivity contribution in [3.63, 3.8) is 0 Å². The van der Waals surface area contributed by atoms with Crippen LogP contribution in [-0.2, 0) is 6.54 Å². The zero-order chi connectivity index (χ0) is 29.3. The van der Waals surface area contributed by atoms with Crippen LogP contribution in [-0.4, -0.2) is 39.3 Å². The Kier molecular flexibility index (Phi) is 8.27. The van der Waals surface area contributed by atoms with E-state index in [0.29, 0.717) is 64.7 Å². The van der Waals surface area contributed by atoms with Crippen molar-refractivity contribution < 1.29 is 19.4 Å². The predicted octanol–water partition coefficient (Wildman–Crippen LogP) is 7.62. The SMILES string of the molecule is CCOc1cc(C2c3c(-c4cc(C)cc(C)c4O)n[nH]c3C(=O)N2Cc2ccccc2Cl)ccc1OCCC(C)C. The predicted molar refractivity (Wildman–Crippen MR) is 161 cm³/mol. The van der Waals surface area contributed by atoms with Crippen molar-refractivity contribution >= 4 is 17.5 Å². The smallest absolute Gasteiger partial charge is 0.273 e. The zero-order valence-electron chi connectivity index (χ0n) is 24.1. The molecule has 0 bridgehead atoms. The first kappa shape index (κ1) is 28.6. The molecular formula is C33H36ClN3O4. The Labute approximate surface area is 246 Å². The average Bonchev–Trinajstić information content (AvgIpc) is 3.47. The van der Waals surface area contributed by atoms with Crippen molar-refractivity contribution in [2.75, 3.05) is 13.2 Å². The Morgan fingerprint density at radius 2 is 1.85 bits per heavy atom. The first-order valence-corrected chi connectivity index (χ1v) is 14.4. The van der Waals surface area contributed by atoms with Gasteiger partial charge in [0.05, 0.1) is 19.3 Å². The number of amides is 1. The minimum absolute atomic E-state index is 0.143. The van der Waals surface area contributed by atoms with Crippen LogP contribution in [0.5, 0.6) is 17.2 Å². The topological polar surface area (TPSA) is 87.7 Å². The minimum atomic E-state index is -0.508. The maximum absolute atomic E-state index is 13.9. The lowest BCUT2D eigenvalue weighted by molar-refractivity contribution is 0.0730. The van der Waals surface area contributed by atoms with Gasteiger partial charge in [-0.05, 0) is 79.6 Å². The van der Waals surface area contributed by atoms with E-state index in [1.165, 1.54) is 0 Å². The molecule has 7 nitrogen and oxygen atoms in total. The lowest BCUT2D eigenvalue weighted by Gasteiger charge is -2.27. The molecular weight excluding hydrogens is 538 g/mol. The molecule has 0 radical (unpaired) electrons. The van der Waals surface area contributed by atoms with Gasteiger partial charge in [-0.1, -0.05) is 55.8 Å². The number of carbonyl (C=O) groups is 1. The number of hydrogen-bond acceptors (Lipinski definition) is 5. The van der Waals surface area contributed by atoms with Crippen LogP contribution in [0.3, 0.4) is 0 Å². The second-order valence-electron chi connectivity index (χ2n) is 10.9. The highest BCUT2D eigenvalue weighted by Crippen LogP contribution is 2.47. The number of ether oxygens (including phenoxy) is 2. The van der Waals surface area contributed by atoms with Crippen LogP contribution in [0.15, 0.2) is 54.6 Å². The number of nitrogens with zero attached hydrogens (tertiary/aromatic N) is 2. The van der Waals surface area contributed by atoms with Crippen molar-refractivity contribution in [2.24, 2.45) is 5.92 Å². The summed E-state index contributed by atoms with van der Waals surface area (Å²) in [6, 6.07) is 16.7. The lowest BCUT2D eigenvalue weighted by Crippen LogP contribution is -2.29. The molecule has 0 saturated carbocycles. The number of nitrogens with one attached hydrogen (secondary N) is 1. The third kappa shape index (κ3) is 5.64. The van der Waals surface area contributed by atoms with E-state index in [9.17, 15) is 9.90 Å². The number of carbonyl (C=O) groups excluding carboxylic acids is 1. The molecule has 1 atom stereocenters. The number of aryl methyl sites for hydroxylation is 2. The summed E-state index contributed by atoms with van der Waals surface area (Å²) in [5.74, 6) is 1.75. The van der Waals surface area contributed by atoms with Crippen LogP contribution in [0.2, 0.25) is 5.02 Å². The molecule has 5 rings (SSSR count). The Hall–Kier alpha value is -3.97. The second-order valence-corrected chi connectivity index (χ2v) is 11.3. The molecule has 1 aliphatic heterocycles. The molecule has 41 heavy (non-hydrogen) atoms.